The normalized spacial score (nSPS) is 12.7. The zero-order valence-corrected chi connectivity index (χ0v) is 12.0. The molecule has 3 nitrogen and oxygen atoms in total. The fourth-order valence-electron chi connectivity index (χ4n) is 4.17. The Hall–Kier alpha value is -3.20. The van der Waals surface area contributed by atoms with Gasteiger partial charge >= 0.3 is 0 Å². The van der Waals surface area contributed by atoms with Gasteiger partial charge in [0.25, 0.3) is 0 Å². The van der Waals surface area contributed by atoms with Crippen LogP contribution in [0.4, 0.5) is 0 Å². The van der Waals surface area contributed by atoms with E-state index in [0.29, 0.717) is 10.8 Å². The summed E-state index contributed by atoms with van der Waals surface area (Å²) in [5.41, 5.74) is 1.98. The van der Waals surface area contributed by atoms with Crippen molar-refractivity contribution in [3.8, 4) is 0 Å². The molecule has 3 aromatic heterocycles. The van der Waals surface area contributed by atoms with E-state index in [9.17, 15) is 9.59 Å². The molecule has 0 aliphatic rings. The number of rotatable bonds is 0. The highest BCUT2D eigenvalue weighted by atomic mass is 16.2. The second-order valence-electron chi connectivity index (χ2n) is 6.10. The summed E-state index contributed by atoms with van der Waals surface area (Å²) in [5, 5.41) is 5.32. The fraction of sp³-hybridized carbons (Fsp3) is 0. The fourth-order valence-corrected chi connectivity index (χ4v) is 4.17. The van der Waals surface area contributed by atoms with Gasteiger partial charge in [0.1, 0.15) is 0 Å². The lowest BCUT2D eigenvalue weighted by Gasteiger charge is -1.97. The number of aromatic nitrogens is 1. The topological polar surface area (TPSA) is 38.5 Å². The summed E-state index contributed by atoms with van der Waals surface area (Å²) in [6.45, 7) is 0. The van der Waals surface area contributed by atoms with Crippen LogP contribution in [0.25, 0.3) is 48.9 Å². The molecule has 0 aliphatic heterocycles. The molecule has 0 fully saturated rings. The van der Waals surface area contributed by atoms with Gasteiger partial charge in [-0.2, -0.15) is 0 Å². The first-order chi connectivity index (χ1) is 11.3. The summed E-state index contributed by atoms with van der Waals surface area (Å²) in [4.78, 5) is 25.4. The molecule has 6 aromatic rings. The van der Waals surface area contributed by atoms with Crippen LogP contribution in [-0.4, -0.2) is 4.40 Å². The average Bonchev–Trinajstić information content (AvgIpc) is 3.08. The lowest BCUT2D eigenvalue weighted by molar-refractivity contribution is 1.39. The standard InChI is InChI=1S/C20H9NO2/c22-19-14-8-2-6-12-10-4-1-5-11-13-7-3-9-15(20(19)23)18(13)21(16(10)11)17(12)14/h1-9H. The highest BCUT2D eigenvalue weighted by molar-refractivity contribution is 6.27. The van der Waals surface area contributed by atoms with Crippen LogP contribution in [0.5, 0.6) is 0 Å². The van der Waals surface area contributed by atoms with E-state index < -0.39 is 10.9 Å². The van der Waals surface area contributed by atoms with Gasteiger partial charge < -0.3 is 4.40 Å². The minimum absolute atomic E-state index is 0.418. The van der Waals surface area contributed by atoms with Gasteiger partial charge in [0.05, 0.1) is 27.3 Å². The Morgan fingerprint density at radius 2 is 0.783 bits per heavy atom. The third-order valence-electron chi connectivity index (χ3n) is 5.05. The number of para-hydroxylation sites is 3. The molecule has 6 rings (SSSR count). The summed E-state index contributed by atoms with van der Waals surface area (Å²) < 4.78 is 2.11. The Morgan fingerprint density at radius 1 is 0.478 bits per heavy atom. The van der Waals surface area contributed by atoms with Crippen molar-refractivity contribution in [2.45, 2.75) is 0 Å². The lowest BCUT2D eigenvalue weighted by Crippen LogP contribution is -2.20. The molecule has 0 N–H and O–H groups in total. The van der Waals surface area contributed by atoms with Crippen LogP contribution in [0.3, 0.4) is 0 Å². The minimum atomic E-state index is -0.418. The van der Waals surface area contributed by atoms with E-state index in [2.05, 4.69) is 16.5 Å². The molecule has 23 heavy (non-hydrogen) atoms. The monoisotopic (exact) mass is 295 g/mol. The highest BCUT2D eigenvalue weighted by Crippen LogP contribution is 2.40. The third-order valence-corrected chi connectivity index (χ3v) is 5.05. The Bertz CT molecular complexity index is 1390. The second kappa shape index (κ2) is 3.41. The quantitative estimate of drug-likeness (QED) is 0.402. The SMILES string of the molecule is O=c1c(=O)c2cccc3c4cccc5c6cccc1c6n(c23)c54. The van der Waals surface area contributed by atoms with Crippen LogP contribution in [0.2, 0.25) is 0 Å². The van der Waals surface area contributed by atoms with Crippen molar-refractivity contribution in [2.24, 2.45) is 0 Å². The van der Waals surface area contributed by atoms with Crippen LogP contribution in [0, 0.1) is 0 Å². The number of hydrogen-bond donors (Lipinski definition) is 0. The Kier molecular flexibility index (Phi) is 1.69. The smallest absolute Gasteiger partial charge is 0.235 e. The number of benzene rings is 3. The zero-order chi connectivity index (χ0) is 15.3. The second-order valence-corrected chi connectivity index (χ2v) is 6.10. The predicted molar refractivity (Wildman–Crippen MR) is 93.5 cm³/mol. The Labute approximate surface area is 129 Å². The molecule has 0 aliphatic carbocycles. The molecule has 0 saturated carbocycles. The lowest BCUT2D eigenvalue weighted by atomic mass is 10.1. The van der Waals surface area contributed by atoms with Crippen molar-refractivity contribution in [2.75, 3.05) is 0 Å². The van der Waals surface area contributed by atoms with E-state index in [1.165, 1.54) is 0 Å². The first-order valence-corrected chi connectivity index (χ1v) is 7.56. The number of nitrogens with zero attached hydrogens (tertiary/aromatic N) is 1. The van der Waals surface area contributed by atoms with Gasteiger partial charge in [-0.3, -0.25) is 9.59 Å². The van der Waals surface area contributed by atoms with E-state index in [1.807, 2.05) is 30.3 Å². The molecule has 0 radical (unpaired) electrons. The highest BCUT2D eigenvalue weighted by Gasteiger charge is 2.22. The first kappa shape index (κ1) is 11.4. The van der Waals surface area contributed by atoms with Crippen molar-refractivity contribution >= 4 is 48.9 Å². The van der Waals surface area contributed by atoms with E-state index >= 15 is 0 Å². The van der Waals surface area contributed by atoms with Gasteiger partial charge in [0.2, 0.25) is 10.9 Å². The minimum Gasteiger partial charge on any atom is -0.306 e. The molecule has 0 saturated heterocycles. The number of hydrogen-bond acceptors (Lipinski definition) is 2. The van der Waals surface area contributed by atoms with Gasteiger partial charge in [-0.25, -0.2) is 0 Å². The van der Waals surface area contributed by atoms with Gasteiger partial charge in [-0.15, -0.1) is 0 Å². The van der Waals surface area contributed by atoms with Crippen molar-refractivity contribution in [1.82, 2.24) is 4.40 Å². The Balaban J connectivity index is 2.32. The molecule has 3 aromatic carbocycles. The van der Waals surface area contributed by atoms with Crippen LogP contribution < -0.4 is 10.9 Å². The molecule has 3 heterocycles. The molecule has 0 unspecified atom stereocenters. The van der Waals surface area contributed by atoms with Gasteiger partial charge in [-0.05, 0) is 12.1 Å². The summed E-state index contributed by atoms with van der Waals surface area (Å²) >= 11 is 0. The first-order valence-electron chi connectivity index (χ1n) is 7.56. The van der Waals surface area contributed by atoms with Crippen molar-refractivity contribution in [1.29, 1.82) is 0 Å². The maximum Gasteiger partial charge on any atom is 0.235 e. The van der Waals surface area contributed by atoms with Crippen LogP contribution in [0.1, 0.15) is 0 Å². The van der Waals surface area contributed by atoms with E-state index in [1.54, 1.807) is 12.1 Å². The van der Waals surface area contributed by atoms with E-state index in [-0.39, 0.29) is 0 Å². The molecule has 106 valence electrons. The van der Waals surface area contributed by atoms with Crippen molar-refractivity contribution in [3.05, 3.63) is 75.0 Å². The molecule has 0 amide bonds. The third kappa shape index (κ3) is 1.06. The predicted octanol–water partition coefficient (Wildman–Crippen LogP) is 3.59. The maximum atomic E-state index is 12.7. The Morgan fingerprint density at radius 3 is 1.17 bits per heavy atom. The summed E-state index contributed by atoms with van der Waals surface area (Å²) in [5.74, 6) is 0. The van der Waals surface area contributed by atoms with Gasteiger partial charge in [0.15, 0.2) is 0 Å². The van der Waals surface area contributed by atoms with Crippen LogP contribution in [-0.2, 0) is 0 Å². The maximum absolute atomic E-state index is 12.7. The average molecular weight is 295 g/mol. The molecule has 0 bridgehead atoms. The summed E-state index contributed by atoms with van der Waals surface area (Å²) in [6.07, 6.45) is 0. The van der Waals surface area contributed by atoms with Gasteiger partial charge in [-0.1, -0.05) is 42.5 Å². The molecular weight excluding hydrogens is 286 g/mol. The summed E-state index contributed by atoms with van der Waals surface area (Å²) in [6, 6.07) is 17.5. The number of fused-ring (bicyclic) bond motifs is 2. The summed E-state index contributed by atoms with van der Waals surface area (Å²) in [7, 11) is 0. The van der Waals surface area contributed by atoms with Crippen molar-refractivity contribution < 1.29 is 0 Å². The zero-order valence-electron chi connectivity index (χ0n) is 12.0. The van der Waals surface area contributed by atoms with Crippen LogP contribution >= 0.6 is 0 Å². The molecular formula is C20H9NO2. The largest absolute Gasteiger partial charge is 0.306 e. The van der Waals surface area contributed by atoms with Crippen LogP contribution in [0.15, 0.2) is 64.2 Å². The molecule has 0 atom stereocenters. The van der Waals surface area contributed by atoms with Crippen molar-refractivity contribution in [3.63, 3.8) is 0 Å². The van der Waals surface area contributed by atoms with E-state index in [4.69, 9.17) is 0 Å². The van der Waals surface area contributed by atoms with Gasteiger partial charge in [0, 0.05) is 21.5 Å². The molecule has 0 spiro atoms. The molecule has 3 heteroatoms. The van der Waals surface area contributed by atoms with E-state index in [0.717, 1.165) is 38.1 Å².